The van der Waals surface area contributed by atoms with Crippen LogP contribution in [0.5, 0.6) is 0 Å². The van der Waals surface area contributed by atoms with Crippen molar-refractivity contribution in [3.8, 4) is 0 Å². The van der Waals surface area contributed by atoms with Gasteiger partial charge in [0.05, 0.1) is 40.6 Å². The molecule has 248 valence electrons. The Morgan fingerprint density at radius 1 is 0.935 bits per heavy atom. The number of nitrogens with zero attached hydrogens (tertiary/aromatic N) is 6. The van der Waals surface area contributed by atoms with E-state index in [1.54, 1.807) is 0 Å². The number of fused-ring (bicyclic) bond motifs is 5. The molecule has 0 aliphatic carbocycles. The van der Waals surface area contributed by atoms with Crippen molar-refractivity contribution in [1.82, 2.24) is 29.1 Å². The molecule has 3 saturated heterocycles. The number of anilines is 1. The molecule has 4 aromatic rings. The standard InChI is InChI=1S/C22H21Cl3FN7O11P2/c23-7-1-9-10(2-8(7)24)33(22(25)31-9)21-17-15(34)11(41-21)3-39-45(35,36)43-16-12(4-40-46(37,38)44-17)42-20(13(16)26)32-6-30-14-18(27)28-5-29-19(14)32/h1-2,5-6,11-13,15-17,20-21,34H,3-4H2,(H,35,36)(H,37,38)(H2,27,28,29)/t11-,12-,13?,15?,16?,17?,20-,21-/m1/s1. The number of nitrogens with two attached hydrogens (primary N) is 1. The van der Waals surface area contributed by atoms with E-state index in [1.807, 2.05) is 0 Å². The van der Waals surface area contributed by atoms with Crippen LogP contribution in [0.25, 0.3) is 22.2 Å². The Kier molecular flexibility index (Phi) is 8.35. The number of rotatable bonds is 2. The van der Waals surface area contributed by atoms with Crippen LogP contribution in [0, 0.1) is 0 Å². The van der Waals surface area contributed by atoms with Crippen LogP contribution in [0.1, 0.15) is 12.5 Å². The molecule has 18 nitrogen and oxygen atoms in total. The van der Waals surface area contributed by atoms with E-state index < -0.39 is 78.0 Å². The Bertz CT molecular complexity index is 1940. The van der Waals surface area contributed by atoms with Crippen molar-refractivity contribution in [2.75, 3.05) is 18.9 Å². The number of aliphatic hydroxyl groups is 1. The Hall–Kier alpha value is -2.06. The highest BCUT2D eigenvalue weighted by Gasteiger charge is 2.54. The van der Waals surface area contributed by atoms with Crippen molar-refractivity contribution in [1.29, 1.82) is 0 Å². The zero-order chi connectivity index (χ0) is 32.7. The third kappa shape index (κ3) is 5.71. The number of hydrogen-bond acceptors (Lipinski definition) is 14. The molecule has 6 heterocycles. The zero-order valence-electron chi connectivity index (χ0n) is 22.6. The Morgan fingerprint density at radius 2 is 1.59 bits per heavy atom. The molecule has 46 heavy (non-hydrogen) atoms. The Labute approximate surface area is 271 Å². The summed E-state index contributed by atoms with van der Waals surface area (Å²) in [4.78, 5) is 37.4. The van der Waals surface area contributed by atoms with Gasteiger partial charge in [-0.1, -0.05) is 23.2 Å². The van der Waals surface area contributed by atoms with E-state index in [9.17, 15) is 24.0 Å². The molecular formula is C22H21Cl3FN7O11P2. The van der Waals surface area contributed by atoms with E-state index in [0.717, 1.165) is 17.2 Å². The van der Waals surface area contributed by atoms with E-state index in [1.165, 1.54) is 16.7 Å². The summed E-state index contributed by atoms with van der Waals surface area (Å²) in [6, 6.07) is 2.80. The van der Waals surface area contributed by atoms with Crippen LogP contribution in [0.15, 0.2) is 24.8 Å². The van der Waals surface area contributed by atoms with E-state index in [0.29, 0.717) is 0 Å². The lowest BCUT2D eigenvalue weighted by Gasteiger charge is -2.26. The highest BCUT2D eigenvalue weighted by atomic mass is 35.5. The SMILES string of the molecule is Nc1ncnc2c1ncn2[C@@H]1O[C@@H]2COP(=O)(O)OC3C(O)[C@@H](COP(=O)(O)OC2C1F)O[C@H]3n1c(Cl)nc2cc(Cl)c(Cl)cc21. The summed E-state index contributed by atoms with van der Waals surface area (Å²) in [5.41, 5.74) is 6.49. The van der Waals surface area contributed by atoms with E-state index in [2.05, 4.69) is 19.9 Å². The summed E-state index contributed by atoms with van der Waals surface area (Å²) in [5, 5.41) is 11.1. The first-order valence-corrected chi connectivity index (χ1v) is 17.3. The van der Waals surface area contributed by atoms with Crippen molar-refractivity contribution in [3.05, 3.63) is 40.1 Å². The third-order valence-electron chi connectivity index (χ3n) is 7.50. The molecular weight excluding hydrogens is 726 g/mol. The van der Waals surface area contributed by atoms with Crippen LogP contribution in [-0.2, 0) is 36.7 Å². The minimum Gasteiger partial charge on any atom is -0.387 e. The topological polar surface area (TPSA) is 238 Å². The van der Waals surface area contributed by atoms with Crippen molar-refractivity contribution in [3.63, 3.8) is 0 Å². The van der Waals surface area contributed by atoms with Crippen molar-refractivity contribution in [2.45, 2.75) is 49.1 Å². The van der Waals surface area contributed by atoms with Gasteiger partial charge in [-0.3, -0.25) is 27.2 Å². The van der Waals surface area contributed by atoms with Gasteiger partial charge >= 0.3 is 15.6 Å². The molecule has 0 radical (unpaired) electrons. The van der Waals surface area contributed by atoms with Gasteiger partial charge in [0.15, 0.2) is 30.1 Å². The largest absolute Gasteiger partial charge is 0.472 e. The van der Waals surface area contributed by atoms with Gasteiger partial charge in [0.25, 0.3) is 0 Å². The molecule has 3 aliphatic heterocycles. The highest BCUT2D eigenvalue weighted by molar-refractivity contribution is 7.47. The second-order valence-corrected chi connectivity index (χ2v) is 14.3. The van der Waals surface area contributed by atoms with Gasteiger partial charge in [-0.25, -0.2) is 33.5 Å². The number of halogens is 4. The molecule has 3 fully saturated rings. The summed E-state index contributed by atoms with van der Waals surface area (Å²) in [5.74, 6) is 0.000126. The fourth-order valence-corrected chi connectivity index (χ4v) is 7.90. The maximum absolute atomic E-state index is 15.9. The van der Waals surface area contributed by atoms with Crippen molar-refractivity contribution < 1.29 is 56.0 Å². The van der Waals surface area contributed by atoms with Crippen LogP contribution in [0.3, 0.4) is 0 Å². The summed E-state index contributed by atoms with van der Waals surface area (Å²) in [7, 11) is -10.3. The number of phosphoric acid groups is 2. The molecule has 0 amide bonds. The molecule has 7 rings (SSSR count). The van der Waals surface area contributed by atoms with Crippen molar-refractivity contribution in [2.24, 2.45) is 0 Å². The molecule has 0 spiro atoms. The van der Waals surface area contributed by atoms with Gasteiger partial charge in [-0.05, 0) is 23.7 Å². The number of nitrogen functional groups attached to an aromatic ring is 1. The average Bonchev–Trinajstić information content (AvgIpc) is 3.71. The second kappa shape index (κ2) is 11.8. The normalized spacial score (nSPS) is 37.2. The highest BCUT2D eigenvalue weighted by Crippen LogP contribution is 2.54. The quantitative estimate of drug-likeness (QED) is 0.216. The third-order valence-corrected chi connectivity index (χ3v) is 10.5. The van der Waals surface area contributed by atoms with Gasteiger partial charge < -0.3 is 30.1 Å². The first-order chi connectivity index (χ1) is 21.7. The molecule has 1 aromatic carbocycles. The molecule has 24 heteroatoms. The maximum atomic E-state index is 15.9. The number of benzene rings is 1. The first kappa shape index (κ1) is 32.5. The van der Waals surface area contributed by atoms with Gasteiger partial charge in [-0.15, -0.1) is 0 Å². The predicted octanol–water partition coefficient (Wildman–Crippen LogP) is 2.93. The number of phosphoric ester groups is 2. The minimum atomic E-state index is -5.15. The number of imidazole rings is 2. The number of ether oxygens (including phenoxy) is 2. The minimum absolute atomic E-state index is 0.000126. The average molecular weight is 747 g/mol. The van der Waals surface area contributed by atoms with Crippen LogP contribution in [0.4, 0.5) is 10.2 Å². The first-order valence-electron chi connectivity index (χ1n) is 13.1. The van der Waals surface area contributed by atoms with Crippen LogP contribution < -0.4 is 5.73 Å². The molecule has 5 N–H and O–H groups in total. The summed E-state index contributed by atoms with van der Waals surface area (Å²) >= 11 is 18.7. The molecule has 3 aromatic heterocycles. The molecule has 6 unspecified atom stereocenters. The number of aromatic nitrogens is 6. The van der Waals surface area contributed by atoms with Crippen LogP contribution >= 0.6 is 50.4 Å². The fourth-order valence-electron chi connectivity index (χ4n) is 5.42. The van der Waals surface area contributed by atoms with Gasteiger partial charge in [-0.2, -0.15) is 0 Å². The molecule has 10 atom stereocenters. The number of hydrogen-bond donors (Lipinski definition) is 4. The summed E-state index contributed by atoms with van der Waals surface area (Å²) in [6.45, 7) is -1.74. The van der Waals surface area contributed by atoms with Gasteiger partial charge in [0.1, 0.15) is 42.4 Å². The van der Waals surface area contributed by atoms with Crippen LogP contribution in [0.2, 0.25) is 15.3 Å². The molecule has 3 aliphatic rings. The smallest absolute Gasteiger partial charge is 0.387 e. The van der Waals surface area contributed by atoms with Gasteiger partial charge in [0.2, 0.25) is 5.28 Å². The lowest BCUT2D eigenvalue weighted by molar-refractivity contribution is -0.0669. The molecule has 2 bridgehead atoms. The maximum Gasteiger partial charge on any atom is 0.472 e. The monoisotopic (exact) mass is 745 g/mol. The summed E-state index contributed by atoms with van der Waals surface area (Å²) < 4.78 is 76.9. The second-order valence-electron chi connectivity index (χ2n) is 10.3. The van der Waals surface area contributed by atoms with Gasteiger partial charge in [0, 0.05) is 0 Å². The number of alkyl halides is 1. The fraction of sp³-hybridized carbons (Fsp3) is 0.455. The van der Waals surface area contributed by atoms with Crippen molar-refractivity contribution >= 4 is 78.5 Å². The number of aliphatic hydroxyl groups excluding tert-OH is 1. The lowest BCUT2D eigenvalue weighted by atomic mass is 10.1. The van der Waals surface area contributed by atoms with Crippen LogP contribution in [-0.4, -0.2) is 93.9 Å². The van der Waals surface area contributed by atoms with E-state index in [-0.39, 0.29) is 43.3 Å². The lowest BCUT2D eigenvalue weighted by Crippen LogP contribution is -2.35. The van der Waals surface area contributed by atoms with E-state index >= 15 is 4.39 Å². The Balaban J connectivity index is 1.21. The van der Waals surface area contributed by atoms with E-state index in [4.69, 9.17) is 68.1 Å². The molecule has 0 saturated carbocycles. The Morgan fingerprint density at radius 3 is 2.33 bits per heavy atom. The summed E-state index contributed by atoms with van der Waals surface area (Å²) in [6.07, 6.45) is -11.4. The predicted molar refractivity (Wildman–Crippen MR) is 155 cm³/mol. The zero-order valence-corrected chi connectivity index (χ0v) is 26.7.